The molecule has 2 rings (SSSR count). The van der Waals surface area contributed by atoms with Crippen LogP contribution in [0.25, 0.3) is 0 Å². The zero-order valence-corrected chi connectivity index (χ0v) is 19.8. The number of pyridine rings is 1. The van der Waals surface area contributed by atoms with Crippen LogP contribution in [0.3, 0.4) is 0 Å². The van der Waals surface area contributed by atoms with Crippen molar-refractivity contribution in [1.29, 1.82) is 5.41 Å². The van der Waals surface area contributed by atoms with Crippen LogP contribution in [-0.4, -0.2) is 57.6 Å². The molecule has 3 atom stereocenters. The summed E-state index contributed by atoms with van der Waals surface area (Å²) in [4.78, 5) is 42.5. The van der Waals surface area contributed by atoms with E-state index in [0.29, 0.717) is 6.42 Å². The third-order valence-electron chi connectivity index (χ3n) is 6.11. The van der Waals surface area contributed by atoms with Crippen molar-refractivity contribution in [1.82, 2.24) is 15.2 Å². The van der Waals surface area contributed by atoms with Gasteiger partial charge in [0.05, 0.1) is 11.8 Å². The molecule has 1 aromatic heterocycles. The Bertz CT molecular complexity index is 825. The Labute approximate surface area is 191 Å². The largest absolute Gasteiger partial charge is 0.465 e. The van der Waals surface area contributed by atoms with Gasteiger partial charge < -0.3 is 15.8 Å². The topological polar surface area (TPSA) is 123 Å². The fourth-order valence-corrected chi connectivity index (χ4v) is 4.43. The van der Waals surface area contributed by atoms with Crippen molar-refractivity contribution in [2.75, 3.05) is 7.05 Å². The Hall–Kier alpha value is -2.29. The molecule has 3 N–H and O–H groups in total. The average Bonchev–Trinajstić information content (AvgIpc) is 2.76. The lowest BCUT2D eigenvalue weighted by Crippen LogP contribution is -2.55. The molecule has 1 aliphatic rings. The van der Waals surface area contributed by atoms with E-state index in [1.54, 1.807) is 12.4 Å². The van der Waals surface area contributed by atoms with Gasteiger partial charge in [-0.3, -0.25) is 19.5 Å². The number of hydrogen-bond acceptors (Lipinski definition) is 5. The molecule has 1 heterocycles. The van der Waals surface area contributed by atoms with Gasteiger partial charge in [-0.25, -0.2) is 4.79 Å². The fourth-order valence-electron chi connectivity index (χ4n) is 4.04. The standard InChI is InChI=1S/C22H31BrN4O4/c1-4-17(15-10-16(23)12-25-11-15)18(24)20(28)19(14-8-6-5-7-9-14)26-21(29)13(2)27(3)22(30)31/h10-14,17,19,24H,4-9H2,1-3H3,(H,26,29)(H,30,31)/t13-,17-,19-/m0/s1. The Kier molecular flexibility index (Phi) is 9.15. The van der Waals surface area contributed by atoms with Crippen LogP contribution in [0, 0.1) is 11.3 Å². The van der Waals surface area contributed by atoms with Gasteiger partial charge in [-0.1, -0.05) is 26.2 Å². The molecule has 1 aromatic rings. The molecule has 9 heteroatoms. The summed E-state index contributed by atoms with van der Waals surface area (Å²) < 4.78 is 0.770. The predicted octanol–water partition coefficient (Wildman–Crippen LogP) is 3.99. The first-order chi connectivity index (χ1) is 14.7. The first-order valence-electron chi connectivity index (χ1n) is 10.7. The number of nitrogens with one attached hydrogen (secondary N) is 2. The molecule has 1 fully saturated rings. The highest BCUT2D eigenvalue weighted by molar-refractivity contribution is 9.10. The SMILES string of the molecule is CC[C@H](C(=N)C(=O)[C@@H](NC(=O)[C@H](C)N(C)C(=O)O)C1CCCCC1)c1cncc(Br)c1. The summed E-state index contributed by atoms with van der Waals surface area (Å²) in [6.07, 6.45) is 7.24. The van der Waals surface area contributed by atoms with Gasteiger partial charge in [0.15, 0.2) is 5.78 Å². The van der Waals surface area contributed by atoms with Gasteiger partial charge in [0.25, 0.3) is 0 Å². The number of carbonyl (C=O) groups is 3. The number of likely N-dealkylation sites (N-methyl/N-ethyl adjacent to an activating group) is 1. The van der Waals surface area contributed by atoms with Crippen LogP contribution >= 0.6 is 15.9 Å². The Morgan fingerprint density at radius 1 is 1.29 bits per heavy atom. The summed E-state index contributed by atoms with van der Waals surface area (Å²) in [7, 11) is 1.32. The summed E-state index contributed by atoms with van der Waals surface area (Å²) in [5, 5.41) is 20.6. The van der Waals surface area contributed by atoms with Crippen LogP contribution < -0.4 is 5.32 Å². The van der Waals surface area contributed by atoms with Crippen LogP contribution in [0.2, 0.25) is 0 Å². The summed E-state index contributed by atoms with van der Waals surface area (Å²) in [6.45, 7) is 3.39. The number of rotatable bonds is 9. The minimum Gasteiger partial charge on any atom is -0.465 e. The van der Waals surface area contributed by atoms with Crippen molar-refractivity contribution in [3.05, 3.63) is 28.5 Å². The first-order valence-corrected chi connectivity index (χ1v) is 11.5. The van der Waals surface area contributed by atoms with Crippen molar-refractivity contribution < 1.29 is 19.5 Å². The number of aromatic nitrogens is 1. The number of nitrogens with zero attached hydrogens (tertiary/aromatic N) is 2. The fraction of sp³-hybridized carbons (Fsp3) is 0.591. The minimum absolute atomic E-state index is 0.0579. The van der Waals surface area contributed by atoms with Crippen molar-refractivity contribution >= 4 is 39.4 Å². The summed E-state index contributed by atoms with van der Waals surface area (Å²) >= 11 is 3.38. The molecule has 8 nitrogen and oxygen atoms in total. The van der Waals surface area contributed by atoms with E-state index in [9.17, 15) is 14.4 Å². The zero-order chi connectivity index (χ0) is 23.1. The van der Waals surface area contributed by atoms with Crippen LogP contribution in [0.4, 0.5) is 4.79 Å². The lowest BCUT2D eigenvalue weighted by Gasteiger charge is -2.32. The molecular formula is C22H31BrN4O4. The lowest BCUT2D eigenvalue weighted by molar-refractivity contribution is -0.129. The van der Waals surface area contributed by atoms with E-state index in [1.165, 1.54) is 14.0 Å². The summed E-state index contributed by atoms with van der Waals surface area (Å²) in [6, 6.07) is 0.0714. The molecule has 0 saturated heterocycles. The van der Waals surface area contributed by atoms with Gasteiger partial charge >= 0.3 is 6.09 Å². The molecule has 170 valence electrons. The van der Waals surface area contributed by atoms with E-state index in [1.807, 2.05) is 13.0 Å². The molecule has 0 aliphatic heterocycles. The minimum atomic E-state index is -1.22. The Morgan fingerprint density at radius 2 is 1.94 bits per heavy atom. The number of amides is 2. The second-order valence-electron chi connectivity index (χ2n) is 8.13. The molecule has 0 bridgehead atoms. The van der Waals surface area contributed by atoms with Gasteiger partial charge in [0, 0.05) is 29.8 Å². The Morgan fingerprint density at radius 3 is 2.48 bits per heavy atom. The van der Waals surface area contributed by atoms with E-state index >= 15 is 0 Å². The van der Waals surface area contributed by atoms with Crippen molar-refractivity contribution in [3.8, 4) is 0 Å². The van der Waals surface area contributed by atoms with E-state index in [2.05, 4.69) is 26.2 Å². The second-order valence-corrected chi connectivity index (χ2v) is 9.04. The number of hydrogen-bond donors (Lipinski definition) is 3. The van der Waals surface area contributed by atoms with E-state index in [0.717, 1.165) is 47.0 Å². The van der Waals surface area contributed by atoms with Crippen LogP contribution in [0.1, 0.15) is 63.9 Å². The Balaban J connectivity index is 2.27. The van der Waals surface area contributed by atoms with Crippen molar-refractivity contribution in [3.63, 3.8) is 0 Å². The van der Waals surface area contributed by atoms with Crippen LogP contribution in [-0.2, 0) is 9.59 Å². The maximum absolute atomic E-state index is 13.5. The maximum Gasteiger partial charge on any atom is 0.407 e. The predicted molar refractivity (Wildman–Crippen MR) is 121 cm³/mol. The van der Waals surface area contributed by atoms with Gasteiger partial charge in [-0.15, -0.1) is 0 Å². The first kappa shape index (κ1) is 25.0. The van der Waals surface area contributed by atoms with Crippen LogP contribution in [0.15, 0.2) is 22.9 Å². The highest BCUT2D eigenvalue weighted by Crippen LogP contribution is 2.30. The molecule has 1 saturated carbocycles. The molecule has 0 unspecified atom stereocenters. The van der Waals surface area contributed by atoms with Gasteiger partial charge in [0.1, 0.15) is 6.04 Å². The molecule has 1 aliphatic carbocycles. The summed E-state index contributed by atoms with van der Waals surface area (Å²) in [5.74, 6) is -1.43. The highest BCUT2D eigenvalue weighted by Gasteiger charge is 2.36. The second kappa shape index (κ2) is 11.4. The number of carbonyl (C=O) groups excluding carboxylic acids is 2. The molecule has 0 aromatic carbocycles. The van der Waals surface area contributed by atoms with E-state index in [-0.39, 0.29) is 11.6 Å². The van der Waals surface area contributed by atoms with E-state index < -0.39 is 35.8 Å². The third-order valence-corrected chi connectivity index (χ3v) is 6.55. The van der Waals surface area contributed by atoms with Crippen molar-refractivity contribution in [2.45, 2.75) is 70.4 Å². The molecular weight excluding hydrogens is 464 g/mol. The normalized spacial score (nSPS) is 17.3. The van der Waals surface area contributed by atoms with E-state index in [4.69, 9.17) is 10.5 Å². The monoisotopic (exact) mass is 494 g/mol. The quantitative estimate of drug-likeness (QED) is 0.447. The number of carboxylic acid groups (broad SMARTS) is 1. The third kappa shape index (κ3) is 6.35. The number of Topliss-reactive ketones (excluding diaryl/α,β-unsaturated/α-hetero) is 1. The lowest BCUT2D eigenvalue weighted by atomic mass is 9.79. The zero-order valence-electron chi connectivity index (χ0n) is 18.2. The van der Waals surface area contributed by atoms with Gasteiger partial charge in [0.2, 0.25) is 5.91 Å². The number of halogens is 1. The highest BCUT2D eigenvalue weighted by atomic mass is 79.9. The van der Waals surface area contributed by atoms with Gasteiger partial charge in [-0.2, -0.15) is 0 Å². The smallest absolute Gasteiger partial charge is 0.407 e. The molecule has 0 radical (unpaired) electrons. The summed E-state index contributed by atoms with van der Waals surface area (Å²) in [5.41, 5.74) is 0.709. The number of ketones is 1. The molecule has 2 amide bonds. The molecule has 31 heavy (non-hydrogen) atoms. The molecule has 0 spiro atoms. The van der Waals surface area contributed by atoms with Gasteiger partial charge in [-0.05, 0) is 59.7 Å². The van der Waals surface area contributed by atoms with Crippen molar-refractivity contribution in [2.24, 2.45) is 5.92 Å². The average molecular weight is 495 g/mol. The maximum atomic E-state index is 13.5. The van der Waals surface area contributed by atoms with Crippen LogP contribution in [0.5, 0.6) is 0 Å².